The van der Waals surface area contributed by atoms with Gasteiger partial charge in [0.05, 0.1) is 22.8 Å². The predicted molar refractivity (Wildman–Crippen MR) is 149 cm³/mol. The second-order valence-corrected chi connectivity index (χ2v) is 9.98. The largest absolute Gasteiger partial charge is 0.481 e. The molecular formula is C30H30N4O4Pt. The molecule has 39 heavy (non-hydrogen) atoms. The van der Waals surface area contributed by atoms with Crippen LogP contribution in [0.5, 0.6) is 0 Å². The van der Waals surface area contributed by atoms with E-state index in [4.69, 9.17) is 9.97 Å². The molecule has 0 saturated heterocycles. The number of nitrogens with one attached hydrogen (secondary N) is 2. The zero-order valence-corrected chi connectivity index (χ0v) is 24.5. The van der Waals surface area contributed by atoms with E-state index in [2.05, 4.69) is 16.0 Å². The van der Waals surface area contributed by atoms with Crippen molar-refractivity contribution < 1.29 is 40.9 Å². The summed E-state index contributed by atoms with van der Waals surface area (Å²) in [4.78, 5) is 39.5. The number of nitrogens with zero attached hydrogens (tertiary/aromatic N) is 2. The number of aryl methyl sites for hydroxylation is 3. The van der Waals surface area contributed by atoms with Crippen LogP contribution in [0.25, 0.3) is 44.9 Å². The minimum Gasteiger partial charge on any atom is -0.481 e. The third-order valence-electron chi connectivity index (χ3n) is 7.26. The van der Waals surface area contributed by atoms with Gasteiger partial charge < -0.3 is 20.2 Å². The molecule has 0 aromatic carbocycles. The van der Waals surface area contributed by atoms with Crippen molar-refractivity contribution >= 4 is 56.8 Å². The molecular weight excluding hydrogens is 675 g/mol. The number of aromatic amines is 2. The summed E-state index contributed by atoms with van der Waals surface area (Å²) in [5.41, 5.74) is 12.4. The average molecular weight is 706 g/mol. The number of fused-ring (bicyclic) bond motifs is 8. The Morgan fingerprint density at radius 3 is 2.18 bits per heavy atom. The van der Waals surface area contributed by atoms with Gasteiger partial charge in [0.25, 0.3) is 0 Å². The van der Waals surface area contributed by atoms with Crippen LogP contribution < -0.4 is 0 Å². The van der Waals surface area contributed by atoms with Crippen LogP contribution in [-0.2, 0) is 37.1 Å². The third kappa shape index (κ3) is 5.81. The molecule has 0 saturated carbocycles. The number of carboxylic acid groups (broad SMARTS) is 2. The molecule has 0 radical (unpaired) electrons. The normalized spacial score (nSPS) is 12.8. The Labute approximate surface area is 240 Å². The number of aliphatic carboxylic acids is 2. The van der Waals surface area contributed by atoms with Crippen molar-refractivity contribution in [3.05, 3.63) is 69.8 Å². The Hall–Kier alpha value is -3.77. The fourth-order valence-corrected chi connectivity index (χ4v) is 5.11. The average Bonchev–Trinajstić information content (AvgIpc) is 3.53. The summed E-state index contributed by atoms with van der Waals surface area (Å²) >= 11 is 0. The number of hydrogen-bond donors (Lipinski definition) is 4. The summed E-state index contributed by atoms with van der Waals surface area (Å²) in [6, 6.07) is 9.98. The van der Waals surface area contributed by atoms with Crippen molar-refractivity contribution in [2.24, 2.45) is 0 Å². The molecule has 0 spiro atoms. The summed E-state index contributed by atoms with van der Waals surface area (Å²) in [5.74, 6) is -1.73. The monoisotopic (exact) mass is 705 g/mol. The number of rotatable bonds is 6. The third-order valence-corrected chi connectivity index (χ3v) is 7.26. The van der Waals surface area contributed by atoms with E-state index in [1.54, 1.807) is 0 Å². The molecule has 8 bridgehead atoms. The van der Waals surface area contributed by atoms with E-state index in [0.717, 1.165) is 72.6 Å². The predicted octanol–water partition coefficient (Wildman–Crippen LogP) is 6.30. The summed E-state index contributed by atoms with van der Waals surface area (Å²) < 4.78 is 0. The van der Waals surface area contributed by atoms with Gasteiger partial charge >= 0.3 is 11.9 Å². The number of aromatic nitrogens is 4. The summed E-state index contributed by atoms with van der Waals surface area (Å²) in [5, 5.41) is 18.7. The number of hydrogen-bond acceptors (Lipinski definition) is 4. The fourth-order valence-electron chi connectivity index (χ4n) is 5.11. The molecule has 2 aliphatic heterocycles. The van der Waals surface area contributed by atoms with Gasteiger partial charge in [-0.2, -0.15) is 0 Å². The van der Waals surface area contributed by atoms with Crippen LogP contribution >= 0.6 is 0 Å². The maximum atomic E-state index is 11.4. The first kappa shape index (κ1) is 28.2. The summed E-state index contributed by atoms with van der Waals surface area (Å²) in [6.45, 7) is 8.01. The first-order valence-corrected chi connectivity index (χ1v) is 12.6. The van der Waals surface area contributed by atoms with Gasteiger partial charge in [-0.25, -0.2) is 9.97 Å². The maximum Gasteiger partial charge on any atom is 0.303 e. The molecule has 2 aliphatic rings. The second kappa shape index (κ2) is 11.1. The van der Waals surface area contributed by atoms with Crippen molar-refractivity contribution in [1.29, 1.82) is 0 Å². The van der Waals surface area contributed by atoms with Gasteiger partial charge in [0, 0.05) is 56.0 Å². The molecule has 0 atom stereocenters. The zero-order chi connectivity index (χ0) is 27.1. The van der Waals surface area contributed by atoms with Crippen LogP contribution in [0, 0.1) is 13.8 Å². The minimum absolute atomic E-state index is 0. The molecule has 3 aromatic heterocycles. The van der Waals surface area contributed by atoms with E-state index < -0.39 is 11.9 Å². The van der Waals surface area contributed by atoms with Crippen molar-refractivity contribution in [3.63, 3.8) is 0 Å². The SMILES string of the molecule is CC1=Cc2cc3[nH]c(cc4nc(cc5[nH]c(cc1n2)c(C)c5CCC(=O)O)C(CCC(=O)O)=C4C)cc3C.[Pt]. The van der Waals surface area contributed by atoms with Crippen molar-refractivity contribution in [3.8, 4) is 0 Å². The van der Waals surface area contributed by atoms with Crippen LogP contribution in [0.3, 0.4) is 0 Å². The molecule has 204 valence electrons. The number of allylic oxidation sites excluding steroid dienone is 3. The first-order valence-electron chi connectivity index (χ1n) is 12.6. The summed E-state index contributed by atoms with van der Waals surface area (Å²) in [7, 11) is 0. The van der Waals surface area contributed by atoms with Gasteiger partial charge in [0.1, 0.15) is 0 Å². The van der Waals surface area contributed by atoms with Gasteiger partial charge in [-0.15, -0.1) is 0 Å². The van der Waals surface area contributed by atoms with Gasteiger partial charge in [-0.3, -0.25) is 9.59 Å². The van der Waals surface area contributed by atoms with E-state index in [1.165, 1.54) is 0 Å². The Bertz CT molecular complexity index is 1730. The molecule has 0 aliphatic carbocycles. The topological polar surface area (TPSA) is 132 Å². The smallest absolute Gasteiger partial charge is 0.303 e. The van der Waals surface area contributed by atoms with E-state index >= 15 is 0 Å². The van der Waals surface area contributed by atoms with E-state index in [0.29, 0.717) is 18.5 Å². The van der Waals surface area contributed by atoms with E-state index in [1.807, 2.05) is 58.0 Å². The maximum absolute atomic E-state index is 11.4. The van der Waals surface area contributed by atoms with Crippen LogP contribution in [0.1, 0.15) is 72.6 Å². The standard InChI is InChI=1S/C30H30N4O4.Pt/c1-15-9-20-12-25-17(3)21(5-7-29(35)36)27(33-25)14-28-22(6-8-30(37)38)18(4)26(34-28)13-24-16(2)10-19(32-24)11-23(15)31-20;/h9-14,31,34H,5-8H2,1-4H3,(H,35,36)(H,37,38);. The number of carbonyl (C=O) groups is 2. The number of carboxylic acids is 2. The van der Waals surface area contributed by atoms with Gasteiger partial charge in [0.15, 0.2) is 0 Å². The Morgan fingerprint density at radius 2 is 1.46 bits per heavy atom. The van der Waals surface area contributed by atoms with E-state index in [-0.39, 0.29) is 33.9 Å². The second-order valence-electron chi connectivity index (χ2n) is 9.98. The quantitative estimate of drug-likeness (QED) is 0.238. The van der Waals surface area contributed by atoms with Crippen molar-refractivity contribution in [2.75, 3.05) is 0 Å². The molecule has 0 unspecified atom stereocenters. The van der Waals surface area contributed by atoms with Gasteiger partial charge in [-0.1, -0.05) is 0 Å². The van der Waals surface area contributed by atoms with Crippen LogP contribution in [0.15, 0.2) is 30.3 Å². The van der Waals surface area contributed by atoms with Gasteiger partial charge in [0.2, 0.25) is 0 Å². The Morgan fingerprint density at radius 1 is 0.769 bits per heavy atom. The molecule has 0 fully saturated rings. The zero-order valence-electron chi connectivity index (χ0n) is 22.2. The summed E-state index contributed by atoms with van der Waals surface area (Å²) in [6.07, 6.45) is 2.74. The Balaban J connectivity index is 0.00000353. The van der Waals surface area contributed by atoms with Gasteiger partial charge in [-0.05, 0) is 110 Å². The number of H-pyrrole nitrogens is 2. The molecule has 8 nitrogen and oxygen atoms in total. The fraction of sp³-hybridized carbons (Fsp3) is 0.267. The van der Waals surface area contributed by atoms with Crippen LogP contribution in [-0.4, -0.2) is 42.1 Å². The van der Waals surface area contributed by atoms with Crippen molar-refractivity contribution in [2.45, 2.75) is 53.4 Å². The minimum atomic E-state index is -0.868. The molecule has 5 rings (SSSR count). The van der Waals surface area contributed by atoms with E-state index in [9.17, 15) is 19.8 Å². The Kier molecular flexibility index (Phi) is 8.07. The van der Waals surface area contributed by atoms with Crippen LogP contribution in [0.4, 0.5) is 0 Å². The molecule has 4 N–H and O–H groups in total. The van der Waals surface area contributed by atoms with Crippen molar-refractivity contribution in [1.82, 2.24) is 19.9 Å². The van der Waals surface area contributed by atoms with Crippen LogP contribution in [0.2, 0.25) is 0 Å². The first-order chi connectivity index (χ1) is 18.1. The molecule has 0 amide bonds. The molecule has 5 heterocycles. The molecule has 3 aromatic rings. The molecule has 9 heteroatoms.